The Bertz CT molecular complexity index is 477. The number of rotatable bonds is 3. The number of benzene rings is 1. The van der Waals surface area contributed by atoms with E-state index in [4.69, 9.17) is 11.6 Å². The van der Waals surface area contributed by atoms with Crippen LogP contribution in [0.4, 0.5) is 0 Å². The summed E-state index contributed by atoms with van der Waals surface area (Å²) in [5.74, 6) is 1.39. The Labute approximate surface area is 100 Å². The van der Waals surface area contributed by atoms with Crippen molar-refractivity contribution in [3.8, 4) is 11.4 Å². The van der Waals surface area contributed by atoms with Gasteiger partial charge in [-0.15, -0.1) is 10.2 Å². The SMILES string of the molecule is CC(C)Cn1cnnc1-c1ccccc1Cl. The molecule has 84 valence electrons. The molecule has 1 heterocycles. The molecule has 16 heavy (non-hydrogen) atoms. The quantitative estimate of drug-likeness (QED) is 0.818. The van der Waals surface area contributed by atoms with E-state index >= 15 is 0 Å². The molecular formula is C12H14ClN3. The summed E-state index contributed by atoms with van der Waals surface area (Å²) in [6.45, 7) is 5.22. The van der Waals surface area contributed by atoms with E-state index in [-0.39, 0.29) is 0 Å². The lowest BCUT2D eigenvalue weighted by Gasteiger charge is -2.09. The molecule has 0 spiro atoms. The predicted molar refractivity (Wildman–Crippen MR) is 65.3 cm³/mol. The third-order valence-corrected chi connectivity index (χ3v) is 2.62. The van der Waals surface area contributed by atoms with Gasteiger partial charge >= 0.3 is 0 Å². The van der Waals surface area contributed by atoms with E-state index in [0.29, 0.717) is 10.9 Å². The maximum atomic E-state index is 6.14. The van der Waals surface area contributed by atoms with Crippen LogP contribution in [-0.2, 0) is 6.54 Å². The van der Waals surface area contributed by atoms with Crippen LogP contribution in [0.15, 0.2) is 30.6 Å². The Morgan fingerprint density at radius 2 is 2.06 bits per heavy atom. The molecule has 0 aliphatic rings. The van der Waals surface area contributed by atoms with Gasteiger partial charge < -0.3 is 4.57 Å². The van der Waals surface area contributed by atoms with Gasteiger partial charge in [0.2, 0.25) is 0 Å². The summed E-state index contributed by atoms with van der Waals surface area (Å²) in [5, 5.41) is 8.78. The summed E-state index contributed by atoms with van der Waals surface area (Å²) in [5.41, 5.74) is 0.933. The molecule has 0 unspecified atom stereocenters. The molecule has 2 rings (SSSR count). The van der Waals surface area contributed by atoms with Crippen LogP contribution in [0.3, 0.4) is 0 Å². The minimum Gasteiger partial charge on any atom is -0.313 e. The summed E-state index contributed by atoms with van der Waals surface area (Å²) >= 11 is 6.14. The van der Waals surface area contributed by atoms with Crippen LogP contribution in [0, 0.1) is 5.92 Å². The fraction of sp³-hybridized carbons (Fsp3) is 0.333. The van der Waals surface area contributed by atoms with Gasteiger partial charge in [-0.05, 0) is 18.1 Å². The van der Waals surface area contributed by atoms with Crippen LogP contribution in [-0.4, -0.2) is 14.8 Å². The van der Waals surface area contributed by atoms with Crippen molar-refractivity contribution in [1.29, 1.82) is 0 Å². The summed E-state index contributed by atoms with van der Waals surface area (Å²) in [6, 6.07) is 7.69. The van der Waals surface area contributed by atoms with Gasteiger partial charge in [-0.1, -0.05) is 37.6 Å². The molecule has 4 heteroatoms. The van der Waals surface area contributed by atoms with Gasteiger partial charge in [0.1, 0.15) is 6.33 Å². The van der Waals surface area contributed by atoms with E-state index in [1.807, 2.05) is 28.8 Å². The predicted octanol–water partition coefficient (Wildman–Crippen LogP) is 3.25. The Morgan fingerprint density at radius 3 is 2.75 bits per heavy atom. The topological polar surface area (TPSA) is 30.7 Å². The van der Waals surface area contributed by atoms with E-state index in [1.165, 1.54) is 0 Å². The average Bonchev–Trinajstić information content (AvgIpc) is 2.66. The van der Waals surface area contributed by atoms with Gasteiger partial charge in [0.05, 0.1) is 5.02 Å². The minimum atomic E-state index is 0.553. The first-order valence-corrected chi connectivity index (χ1v) is 5.69. The third kappa shape index (κ3) is 2.25. The van der Waals surface area contributed by atoms with Crippen molar-refractivity contribution in [2.75, 3.05) is 0 Å². The van der Waals surface area contributed by atoms with E-state index < -0.39 is 0 Å². The van der Waals surface area contributed by atoms with Crippen molar-refractivity contribution in [3.05, 3.63) is 35.6 Å². The average molecular weight is 236 g/mol. The van der Waals surface area contributed by atoms with Crippen LogP contribution in [0.2, 0.25) is 5.02 Å². The van der Waals surface area contributed by atoms with Crippen LogP contribution in [0.25, 0.3) is 11.4 Å². The normalized spacial score (nSPS) is 11.0. The highest BCUT2D eigenvalue weighted by molar-refractivity contribution is 6.33. The van der Waals surface area contributed by atoms with Crippen molar-refractivity contribution >= 4 is 11.6 Å². The molecule has 0 fully saturated rings. The highest BCUT2D eigenvalue weighted by Gasteiger charge is 2.10. The summed E-state index contributed by atoms with van der Waals surface area (Å²) < 4.78 is 2.03. The Kier molecular flexibility index (Phi) is 3.25. The fourth-order valence-electron chi connectivity index (χ4n) is 1.63. The largest absolute Gasteiger partial charge is 0.313 e. The lowest BCUT2D eigenvalue weighted by atomic mass is 10.2. The number of hydrogen-bond donors (Lipinski definition) is 0. The Hall–Kier alpha value is -1.35. The Morgan fingerprint density at radius 1 is 1.31 bits per heavy atom. The molecule has 0 radical (unpaired) electrons. The molecule has 0 aliphatic carbocycles. The first-order valence-electron chi connectivity index (χ1n) is 5.31. The lowest BCUT2D eigenvalue weighted by molar-refractivity contribution is 0.525. The maximum Gasteiger partial charge on any atom is 0.165 e. The fourth-order valence-corrected chi connectivity index (χ4v) is 1.85. The molecule has 2 aromatic rings. The van der Waals surface area contributed by atoms with Gasteiger partial charge in [-0.2, -0.15) is 0 Å². The van der Waals surface area contributed by atoms with Crippen LogP contribution in [0.1, 0.15) is 13.8 Å². The van der Waals surface area contributed by atoms with E-state index in [2.05, 4.69) is 24.0 Å². The molecule has 0 atom stereocenters. The number of nitrogens with zero attached hydrogens (tertiary/aromatic N) is 3. The third-order valence-electron chi connectivity index (χ3n) is 2.29. The minimum absolute atomic E-state index is 0.553. The monoisotopic (exact) mass is 235 g/mol. The van der Waals surface area contributed by atoms with Crippen LogP contribution in [0.5, 0.6) is 0 Å². The molecule has 1 aromatic heterocycles. The van der Waals surface area contributed by atoms with Crippen LogP contribution < -0.4 is 0 Å². The molecular weight excluding hydrogens is 222 g/mol. The van der Waals surface area contributed by atoms with Crippen molar-refractivity contribution < 1.29 is 0 Å². The smallest absolute Gasteiger partial charge is 0.165 e. The highest BCUT2D eigenvalue weighted by atomic mass is 35.5. The zero-order valence-corrected chi connectivity index (χ0v) is 10.1. The van der Waals surface area contributed by atoms with Crippen LogP contribution >= 0.6 is 11.6 Å². The zero-order valence-electron chi connectivity index (χ0n) is 9.39. The van der Waals surface area contributed by atoms with Crippen molar-refractivity contribution in [3.63, 3.8) is 0 Å². The van der Waals surface area contributed by atoms with Crippen molar-refractivity contribution in [2.45, 2.75) is 20.4 Å². The Balaban J connectivity index is 2.41. The number of hydrogen-bond acceptors (Lipinski definition) is 2. The summed E-state index contributed by atoms with van der Waals surface area (Å²) in [6.07, 6.45) is 1.75. The zero-order chi connectivity index (χ0) is 11.5. The molecule has 0 bridgehead atoms. The van der Waals surface area contributed by atoms with E-state index in [9.17, 15) is 0 Å². The van der Waals surface area contributed by atoms with Gasteiger partial charge in [-0.25, -0.2) is 0 Å². The maximum absolute atomic E-state index is 6.14. The summed E-state index contributed by atoms with van der Waals surface area (Å²) in [7, 11) is 0. The molecule has 0 amide bonds. The van der Waals surface area contributed by atoms with E-state index in [1.54, 1.807) is 6.33 Å². The number of aromatic nitrogens is 3. The lowest BCUT2D eigenvalue weighted by Crippen LogP contribution is -2.05. The standard InChI is InChI=1S/C12H14ClN3/c1-9(2)7-16-8-14-15-12(16)10-5-3-4-6-11(10)13/h3-6,8-9H,7H2,1-2H3. The molecule has 1 aromatic carbocycles. The van der Waals surface area contributed by atoms with Crippen molar-refractivity contribution in [2.24, 2.45) is 5.92 Å². The second-order valence-corrected chi connectivity index (χ2v) is 4.59. The first-order chi connectivity index (χ1) is 7.68. The second kappa shape index (κ2) is 4.66. The first kappa shape index (κ1) is 11.1. The molecule has 0 N–H and O–H groups in total. The second-order valence-electron chi connectivity index (χ2n) is 4.18. The number of halogens is 1. The van der Waals surface area contributed by atoms with Gasteiger partial charge in [0.25, 0.3) is 0 Å². The van der Waals surface area contributed by atoms with Crippen molar-refractivity contribution in [1.82, 2.24) is 14.8 Å². The molecule has 0 saturated heterocycles. The molecule has 0 saturated carbocycles. The van der Waals surface area contributed by atoms with E-state index in [0.717, 1.165) is 17.9 Å². The molecule has 0 aliphatic heterocycles. The van der Waals surface area contributed by atoms with Gasteiger partial charge in [0, 0.05) is 12.1 Å². The highest BCUT2D eigenvalue weighted by Crippen LogP contribution is 2.25. The molecule has 3 nitrogen and oxygen atoms in total. The van der Waals surface area contributed by atoms with Gasteiger partial charge in [0.15, 0.2) is 5.82 Å². The summed E-state index contributed by atoms with van der Waals surface area (Å²) in [4.78, 5) is 0. The van der Waals surface area contributed by atoms with Gasteiger partial charge in [-0.3, -0.25) is 0 Å².